The highest BCUT2D eigenvalue weighted by Crippen LogP contribution is 2.38. The first-order chi connectivity index (χ1) is 12.3. The molecule has 3 N–H and O–H groups in total. The third-order valence-electron chi connectivity index (χ3n) is 4.89. The average Bonchev–Trinajstić information content (AvgIpc) is 3.00. The van der Waals surface area contributed by atoms with Crippen molar-refractivity contribution in [3.63, 3.8) is 0 Å². The lowest BCUT2D eigenvalue weighted by molar-refractivity contribution is -0.137. The first kappa shape index (κ1) is 18.5. The summed E-state index contributed by atoms with van der Waals surface area (Å²) in [7, 11) is 0. The highest BCUT2D eigenvalue weighted by molar-refractivity contribution is 5.65. The summed E-state index contributed by atoms with van der Waals surface area (Å²) in [5, 5.41) is 12.1. The molecular formula is C17H21F3N4O2. The van der Waals surface area contributed by atoms with Crippen molar-refractivity contribution in [1.82, 2.24) is 15.5 Å². The Labute approximate surface area is 148 Å². The Morgan fingerprint density at radius 1 is 1.38 bits per heavy atom. The van der Waals surface area contributed by atoms with E-state index >= 15 is 0 Å². The van der Waals surface area contributed by atoms with Crippen LogP contribution in [0.2, 0.25) is 0 Å². The van der Waals surface area contributed by atoms with E-state index in [1.54, 1.807) is 0 Å². The van der Waals surface area contributed by atoms with E-state index in [0.717, 1.165) is 25.6 Å². The second kappa shape index (κ2) is 7.14. The van der Waals surface area contributed by atoms with Crippen LogP contribution in [0.25, 0.3) is 11.5 Å². The molecule has 0 saturated carbocycles. The summed E-state index contributed by atoms with van der Waals surface area (Å²) >= 11 is 0. The lowest BCUT2D eigenvalue weighted by atomic mass is 9.82. The zero-order valence-electron chi connectivity index (χ0n) is 14.5. The number of halogens is 3. The third kappa shape index (κ3) is 3.92. The molecule has 2 aromatic rings. The van der Waals surface area contributed by atoms with Gasteiger partial charge >= 0.3 is 11.9 Å². The zero-order valence-corrected chi connectivity index (χ0v) is 14.5. The molecule has 1 aromatic carbocycles. The van der Waals surface area contributed by atoms with Crippen molar-refractivity contribution in [2.24, 2.45) is 11.8 Å². The highest BCUT2D eigenvalue weighted by Gasteiger charge is 2.35. The molecule has 0 radical (unpaired) electrons. The van der Waals surface area contributed by atoms with Gasteiger partial charge in [0.2, 0.25) is 5.89 Å². The molecule has 0 spiro atoms. The van der Waals surface area contributed by atoms with Gasteiger partial charge < -0.3 is 15.1 Å². The fourth-order valence-corrected chi connectivity index (χ4v) is 3.53. The van der Waals surface area contributed by atoms with Crippen LogP contribution in [0, 0.1) is 11.8 Å². The number of rotatable bonds is 4. The number of H-pyrrole nitrogens is 1. The number of aromatic amines is 1. The summed E-state index contributed by atoms with van der Waals surface area (Å²) in [4.78, 5) is 11.1. The van der Waals surface area contributed by atoms with Gasteiger partial charge in [0.25, 0.3) is 0 Å². The van der Waals surface area contributed by atoms with Crippen LogP contribution in [0.5, 0.6) is 0 Å². The number of aromatic nitrogens is 2. The predicted molar refractivity (Wildman–Crippen MR) is 90.8 cm³/mol. The van der Waals surface area contributed by atoms with Crippen molar-refractivity contribution < 1.29 is 17.6 Å². The summed E-state index contributed by atoms with van der Waals surface area (Å²) in [5.41, 5.74) is -0.504. The molecule has 1 saturated heterocycles. The van der Waals surface area contributed by atoms with Gasteiger partial charge in [0, 0.05) is 17.3 Å². The fourth-order valence-electron chi connectivity index (χ4n) is 3.53. The minimum Gasteiger partial charge on any atom is -0.388 e. The molecule has 9 heteroatoms. The smallest absolute Gasteiger partial charge is 0.388 e. The number of hydrogen-bond donors (Lipinski definition) is 3. The van der Waals surface area contributed by atoms with E-state index in [9.17, 15) is 18.0 Å². The quantitative estimate of drug-likeness (QED) is 0.770. The number of benzene rings is 1. The molecule has 3 rings (SSSR count). The van der Waals surface area contributed by atoms with Crippen LogP contribution < -0.4 is 16.4 Å². The van der Waals surface area contributed by atoms with Gasteiger partial charge in [-0.3, -0.25) is 0 Å². The molecule has 6 nitrogen and oxygen atoms in total. The summed E-state index contributed by atoms with van der Waals surface area (Å²) in [6.45, 7) is 5.69. The molecule has 1 aliphatic heterocycles. The Hall–Kier alpha value is -2.29. The first-order valence-corrected chi connectivity index (χ1v) is 8.50. The average molecular weight is 370 g/mol. The summed E-state index contributed by atoms with van der Waals surface area (Å²) in [6.07, 6.45) is -3.60. The molecule has 142 valence electrons. The molecule has 3 atom stereocenters. The number of anilines is 1. The molecule has 1 aliphatic rings. The summed E-state index contributed by atoms with van der Waals surface area (Å²) in [5.74, 6) is -0.196. The van der Waals surface area contributed by atoms with Gasteiger partial charge in [0.15, 0.2) is 0 Å². The Morgan fingerprint density at radius 2 is 2.15 bits per heavy atom. The molecule has 0 amide bonds. The topological polar surface area (TPSA) is 83.0 Å². The van der Waals surface area contributed by atoms with Gasteiger partial charge in [-0.25, -0.2) is 9.89 Å². The van der Waals surface area contributed by atoms with Crippen LogP contribution in [0.15, 0.2) is 27.4 Å². The van der Waals surface area contributed by atoms with Gasteiger partial charge in [-0.05, 0) is 56.5 Å². The standard InChI is InChI=1S/C17H21F3N4O2/c1-9-8-21-6-5-12(9)10(2)22-14-7-11(15-23-24-16(25)26-15)3-4-13(14)17(18,19)20/h3-4,7,9-10,12,21-22H,5-6,8H2,1-2H3,(H,24,25)/t9-,10?,12+/m1/s1. The van der Waals surface area contributed by atoms with Crippen LogP contribution in [-0.2, 0) is 6.18 Å². The molecule has 1 unspecified atom stereocenters. The van der Waals surface area contributed by atoms with Gasteiger partial charge in [-0.15, -0.1) is 5.10 Å². The van der Waals surface area contributed by atoms with Crippen LogP contribution in [0.3, 0.4) is 0 Å². The highest BCUT2D eigenvalue weighted by atomic mass is 19.4. The minimum atomic E-state index is -4.49. The van der Waals surface area contributed by atoms with Crippen molar-refractivity contribution in [2.45, 2.75) is 32.5 Å². The van der Waals surface area contributed by atoms with Crippen molar-refractivity contribution in [1.29, 1.82) is 0 Å². The lowest BCUT2D eigenvalue weighted by Crippen LogP contribution is -2.42. The molecular weight excluding hydrogens is 349 g/mol. The molecule has 0 aliphatic carbocycles. The lowest BCUT2D eigenvalue weighted by Gasteiger charge is -2.35. The van der Waals surface area contributed by atoms with Crippen LogP contribution in [0.1, 0.15) is 25.8 Å². The third-order valence-corrected chi connectivity index (χ3v) is 4.89. The van der Waals surface area contributed by atoms with E-state index < -0.39 is 17.5 Å². The van der Waals surface area contributed by atoms with E-state index in [1.807, 2.05) is 6.92 Å². The van der Waals surface area contributed by atoms with Gasteiger partial charge in [0.05, 0.1) is 5.56 Å². The van der Waals surface area contributed by atoms with Crippen molar-refractivity contribution in [3.8, 4) is 11.5 Å². The van der Waals surface area contributed by atoms with Crippen molar-refractivity contribution in [2.75, 3.05) is 18.4 Å². The number of alkyl halides is 3. The molecule has 0 bridgehead atoms. The maximum Gasteiger partial charge on any atom is 0.434 e. The molecule has 1 fully saturated rings. The second-order valence-corrected chi connectivity index (χ2v) is 6.74. The Morgan fingerprint density at radius 3 is 2.77 bits per heavy atom. The molecule has 26 heavy (non-hydrogen) atoms. The number of nitrogens with zero attached hydrogens (tertiary/aromatic N) is 1. The van der Waals surface area contributed by atoms with Crippen LogP contribution >= 0.6 is 0 Å². The van der Waals surface area contributed by atoms with Gasteiger partial charge in [-0.1, -0.05) is 6.92 Å². The largest absolute Gasteiger partial charge is 0.434 e. The SMILES string of the molecule is CC(Nc1cc(-c2n[nH]c(=O)o2)ccc1C(F)(F)F)[C@H]1CCNC[C@H]1C. The van der Waals surface area contributed by atoms with E-state index in [4.69, 9.17) is 4.42 Å². The first-order valence-electron chi connectivity index (χ1n) is 8.50. The van der Waals surface area contributed by atoms with E-state index in [-0.39, 0.29) is 23.5 Å². The maximum atomic E-state index is 13.4. The number of piperidine rings is 1. The van der Waals surface area contributed by atoms with E-state index in [2.05, 4.69) is 27.8 Å². The molecule has 1 aromatic heterocycles. The summed E-state index contributed by atoms with van der Waals surface area (Å²) in [6, 6.07) is 3.40. The maximum absolute atomic E-state index is 13.4. The van der Waals surface area contributed by atoms with Crippen LogP contribution in [-0.4, -0.2) is 29.3 Å². The summed E-state index contributed by atoms with van der Waals surface area (Å²) < 4.78 is 45.1. The zero-order chi connectivity index (χ0) is 18.9. The Bertz CT molecular complexity index is 815. The normalized spacial score (nSPS) is 22.2. The van der Waals surface area contributed by atoms with Crippen molar-refractivity contribution >= 4 is 5.69 Å². The second-order valence-electron chi connectivity index (χ2n) is 6.74. The number of nitrogens with one attached hydrogen (secondary N) is 3. The fraction of sp³-hybridized carbons (Fsp3) is 0.529. The number of hydrogen-bond acceptors (Lipinski definition) is 5. The van der Waals surface area contributed by atoms with Crippen LogP contribution in [0.4, 0.5) is 18.9 Å². The van der Waals surface area contributed by atoms with E-state index in [1.165, 1.54) is 12.1 Å². The minimum absolute atomic E-state index is 0.0427. The van der Waals surface area contributed by atoms with Crippen molar-refractivity contribution in [3.05, 3.63) is 34.3 Å². The Kier molecular flexibility index (Phi) is 5.08. The van der Waals surface area contributed by atoms with Gasteiger partial charge in [-0.2, -0.15) is 13.2 Å². The monoisotopic (exact) mass is 370 g/mol. The van der Waals surface area contributed by atoms with E-state index in [0.29, 0.717) is 11.5 Å². The predicted octanol–water partition coefficient (Wildman–Crippen LogP) is 3.09. The van der Waals surface area contributed by atoms with Gasteiger partial charge in [0.1, 0.15) is 0 Å². The molecule has 2 heterocycles. The Balaban J connectivity index is 1.93.